The van der Waals surface area contributed by atoms with Crippen molar-refractivity contribution in [1.82, 2.24) is 15.5 Å². The van der Waals surface area contributed by atoms with Crippen molar-refractivity contribution in [2.24, 2.45) is 10.9 Å². The molecule has 2 N–H and O–H groups in total. The van der Waals surface area contributed by atoms with E-state index in [9.17, 15) is 0 Å². The quantitative estimate of drug-likeness (QED) is 0.334. The molecule has 1 aliphatic heterocycles. The van der Waals surface area contributed by atoms with Crippen molar-refractivity contribution in [2.75, 3.05) is 67.8 Å². The molecular weight excluding hydrogens is 368 g/mol. The average molecular weight is 407 g/mol. The highest BCUT2D eigenvalue weighted by Gasteiger charge is 2.30. The second kappa shape index (κ2) is 13.4. The number of methoxy groups -OCH3 is 2. The van der Waals surface area contributed by atoms with Crippen molar-refractivity contribution < 1.29 is 14.2 Å². The van der Waals surface area contributed by atoms with Crippen molar-refractivity contribution in [2.45, 2.75) is 25.3 Å². The molecule has 1 aliphatic rings. The molecule has 1 aromatic carbocycles. The van der Waals surface area contributed by atoms with E-state index in [0.717, 1.165) is 44.4 Å². The van der Waals surface area contributed by atoms with Gasteiger partial charge in [0.15, 0.2) is 5.96 Å². The van der Waals surface area contributed by atoms with Gasteiger partial charge in [0.1, 0.15) is 5.75 Å². The van der Waals surface area contributed by atoms with Crippen LogP contribution in [0.1, 0.15) is 30.9 Å². The predicted molar refractivity (Wildman–Crippen MR) is 118 cm³/mol. The number of piperidine rings is 1. The van der Waals surface area contributed by atoms with Crippen LogP contribution in [0, 0.1) is 5.92 Å². The molecule has 0 aliphatic carbocycles. The largest absolute Gasteiger partial charge is 0.497 e. The minimum atomic E-state index is 0.398. The van der Waals surface area contributed by atoms with Crippen LogP contribution in [0.4, 0.5) is 0 Å². The summed E-state index contributed by atoms with van der Waals surface area (Å²) in [5.41, 5.74) is 1.34. The second-order valence-electron chi connectivity index (χ2n) is 7.44. The molecular formula is C22H38N4O3. The first-order valence-corrected chi connectivity index (χ1v) is 10.5. The van der Waals surface area contributed by atoms with Crippen LogP contribution in [0.5, 0.6) is 5.75 Å². The van der Waals surface area contributed by atoms with Gasteiger partial charge in [-0.25, -0.2) is 0 Å². The Bertz CT molecular complexity index is 594. The fraction of sp³-hybridized carbons (Fsp3) is 0.682. The molecule has 1 aromatic rings. The van der Waals surface area contributed by atoms with Crippen LogP contribution in [0.15, 0.2) is 29.3 Å². The minimum Gasteiger partial charge on any atom is -0.497 e. The number of ether oxygens (including phenoxy) is 3. The molecule has 1 heterocycles. The van der Waals surface area contributed by atoms with Gasteiger partial charge >= 0.3 is 0 Å². The first-order valence-electron chi connectivity index (χ1n) is 10.5. The Balaban J connectivity index is 1.82. The lowest BCUT2D eigenvalue weighted by Gasteiger charge is -2.40. The highest BCUT2D eigenvalue weighted by molar-refractivity contribution is 5.79. The molecule has 0 saturated carbocycles. The van der Waals surface area contributed by atoms with E-state index in [1.54, 1.807) is 14.2 Å². The molecule has 0 aromatic heterocycles. The number of rotatable bonds is 11. The number of nitrogens with one attached hydrogen (secondary N) is 2. The monoisotopic (exact) mass is 406 g/mol. The van der Waals surface area contributed by atoms with Crippen LogP contribution in [-0.4, -0.2) is 78.6 Å². The third-order valence-corrected chi connectivity index (χ3v) is 5.41. The summed E-state index contributed by atoms with van der Waals surface area (Å²) in [6, 6.07) is 8.88. The van der Waals surface area contributed by atoms with Gasteiger partial charge in [0, 0.05) is 39.9 Å². The van der Waals surface area contributed by atoms with Crippen LogP contribution in [0.2, 0.25) is 0 Å². The van der Waals surface area contributed by atoms with E-state index >= 15 is 0 Å². The number of likely N-dealkylation sites (tertiary alicyclic amines) is 1. The fourth-order valence-electron chi connectivity index (χ4n) is 3.87. The standard InChI is InChI=1S/C22H38N4O3/c1-23-22(24-12-6-14-29-16-15-27-3)25-17-19-7-5-13-26(2)21(19)18-8-10-20(28-4)11-9-18/h8-11,19,21H,5-7,12-17H2,1-4H3,(H2,23,24,25). The smallest absolute Gasteiger partial charge is 0.190 e. The van der Waals surface area contributed by atoms with E-state index in [0.29, 0.717) is 25.2 Å². The second-order valence-corrected chi connectivity index (χ2v) is 7.44. The summed E-state index contributed by atoms with van der Waals surface area (Å²) in [4.78, 5) is 6.83. The van der Waals surface area contributed by atoms with Gasteiger partial charge in [0.2, 0.25) is 0 Å². The summed E-state index contributed by atoms with van der Waals surface area (Å²) in [7, 11) is 7.43. The van der Waals surface area contributed by atoms with Gasteiger partial charge in [0.05, 0.1) is 20.3 Å². The van der Waals surface area contributed by atoms with E-state index in [4.69, 9.17) is 14.2 Å². The molecule has 2 unspecified atom stereocenters. The maximum Gasteiger partial charge on any atom is 0.190 e. The number of guanidine groups is 1. The lowest BCUT2D eigenvalue weighted by atomic mass is 9.85. The average Bonchev–Trinajstić information content (AvgIpc) is 2.75. The minimum absolute atomic E-state index is 0.398. The Hall–Kier alpha value is -1.83. The summed E-state index contributed by atoms with van der Waals surface area (Å²) in [5.74, 6) is 2.28. The molecule has 7 heteroatoms. The highest BCUT2D eigenvalue weighted by atomic mass is 16.5. The molecule has 1 fully saturated rings. The van der Waals surface area contributed by atoms with Crippen LogP contribution in [0.25, 0.3) is 0 Å². The van der Waals surface area contributed by atoms with Gasteiger partial charge in [0.25, 0.3) is 0 Å². The third-order valence-electron chi connectivity index (χ3n) is 5.41. The summed E-state index contributed by atoms with van der Waals surface area (Å²) in [6.07, 6.45) is 3.36. The SMILES string of the molecule is CN=C(NCCCOCCOC)NCC1CCCN(C)C1c1ccc(OC)cc1. The van der Waals surface area contributed by atoms with E-state index < -0.39 is 0 Å². The summed E-state index contributed by atoms with van der Waals surface area (Å²) >= 11 is 0. The van der Waals surface area contributed by atoms with Crippen molar-refractivity contribution in [3.63, 3.8) is 0 Å². The van der Waals surface area contributed by atoms with Crippen molar-refractivity contribution in [3.05, 3.63) is 29.8 Å². The molecule has 7 nitrogen and oxygen atoms in total. The number of benzene rings is 1. The Kier molecular flexibility index (Phi) is 10.8. The lowest BCUT2D eigenvalue weighted by molar-refractivity contribution is 0.0698. The first kappa shape index (κ1) is 23.4. The van der Waals surface area contributed by atoms with E-state index in [2.05, 4.69) is 51.8 Å². The first-order chi connectivity index (χ1) is 14.2. The zero-order chi connectivity index (χ0) is 20.9. The topological polar surface area (TPSA) is 67.4 Å². The maximum atomic E-state index is 5.50. The van der Waals surface area contributed by atoms with Crippen molar-refractivity contribution >= 4 is 5.96 Å². The summed E-state index contributed by atoms with van der Waals surface area (Å²) in [5, 5.41) is 6.90. The molecule has 0 bridgehead atoms. The van der Waals surface area contributed by atoms with Gasteiger partial charge in [-0.3, -0.25) is 9.89 Å². The molecule has 2 rings (SSSR count). The van der Waals surface area contributed by atoms with Crippen LogP contribution < -0.4 is 15.4 Å². The molecule has 2 atom stereocenters. The van der Waals surface area contributed by atoms with Gasteiger partial charge in [-0.1, -0.05) is 12.1 Å². The number of hydrogen-bond donors (Lipinski definition) is 2. The number of nitrogens with zero attached hydrogens (tertiary/aromatic N) is 2. The zero-order valence-electron chi connectivity index (χ0n) is 18.4. The Morgan fingerprint density at radius 1 is 1.14 bits per heavy atom. The van der Waals surface area contributed by atoms with Crippen molar-refractivity contribution in [1.29, 1.82) is 0 Å². The Labute approximate surface area is 175 Å². The number of hydrogen-bond acceptors (Lipinski definition) is 5. The zero-order valence-corrected chi connectivity index (χ0v) is 18.4. The summed E-state index contributed by atoms with van der Waals surface area (Å²) < 4.78 is 15.8. The fourth-order valence-corrected chi connectivity index (χ4v) is 3.87. The third kappa shape index (κ3) is 7.84. The van der Waals surface area contributed by atoms with E-state index in [1.807, 2.05) is 7.05 Å². The van der Waals surface area contributed by atoms with Crippen LogP contribution in [-0.2, 0) is 9.47 Å². The molecule has 164 valence electrons. The van der Waals surface area contributed by atoms with E-state index in [1.165, 1.54) is 18.4 Å². The molecule has 1 saturated heterocycles. The summed E-state index contributed by atoms with van der Waals surface area (Å²) in [6.45, 7) is 4.86. The van der Waals surface area contributed by atoms with Gasteiger partial charge in [-0.15, -0.1) is 0 Å². The maximum absolute atomic E-state index is 5.50. The van der Waals surface area contributed by atoms with Crippen LogP contribution in [0.3, 0.4) is 0 Å². The molecule has 0 radical (unpaired) electrons. The highest BCUT2D eigenvalue weighted by Crippen LogP contribution is 2.35. The Morgan fingerprint density at radius 2 is 1.93 bits per heavy atom. The van der Waals surface area contributed by atoms with Crippen LogP contribution >= 0.6 is 0 Å². The van der Waals surface area contributed by atoms with Gasteiger partial charge in [-0.05, 0) is 56.5 Å². The van der Waals surface area contributed by atoms with Gasteiger partial charge < -0.3 is 24.8 Å². The molecule has 0 spiro atoms. The van der Waals surface area contributed by atoms with E-state index in [-0.39, 0.29) is 0 Å². The molecule has 0 amide bonds. The lowest BCUT2D eigenvalue weighted by Crippen LogP contribution is -2.45. The molecule has 29 heavy (non-hydrogen) atoms. The van der Waals surface area contributed by atoms with Crippen molar-refractivity contribution in [3.8, 4) is 5.75 Å². The Morgan fingerprint density at radius 3 is 2.62 bits per heavy atom. The normalized spacial score (nSPS) is 20.5. The number of aliphatic imine (C=N–C) groups is 1. The predicted octanol–water partition coefficient (Wildman–Crippen LogP) is 2.30. The van der Waals surface area contributed by atoms with Gasteiger partial charge in [-0.2, -0.15) is 0 Å².